The van der Waals surface area contributed by atoms with Crippen molar-refractivity contribution >= 4 is 22.4 Å². The molecule has 1 aromatic carbocycles. The Hall–Kier alpha value is -3.07. The van der Waals surface area contributed by atoms with E-state index in [2.05, 4.69) is 15.6 Å². The summed E-state index contributed by atoms with van der Waals surface area (Å²) in [6, 6.07) is 8.45. The number of alkyl halides is 3. The highest BCUT2D eigenvalue weighted by Gasteiger charge is 2.30. The molecular formula is C17H14F3N5O. The normalized spacial score (nSPS) is 12.2. The number of nitrogens with one attached hydrogen (secondary N) is 1. The molecule has 0 unspecified atom stereocenters. The molecule has 0 radical (unpaired) electrons. The van der Waals surface area contributed by atoms with E-state index in [-0.39, 0.29) is 0 Å². The molecule has 4 aromatic rings. The second kappa shape index (κ2) is 5.73. The maximum absolute atomic E-state index is 12.9. The lowest BCUT2D eigenvalue weighted by Gasteiger charge is -2.07. The molecule has 134 valence electrons. The monoisotopic (exact) mass is 361 g/mol. The predicted molar refractivity (Wildman–Crippen MR) is 90.4 cm³/mol. The minimum atomic E-state index is -4.41. The molecule has 0 aliphatic heterocycles. The van der Waals surface area contributed by atoms with Gasteiger partial charge in [-0.25, -0.2) is 5.84 Å². The third kappa shape index (κ3) is 2.48. The Labute approximate surface area is 145 Å². The van der Waals surface area contributed by atoms with Crippen LogP contribution in [0.5, 0.6) is 0 Å². The fourth-order valence-corrected chi connectivity index (χ4v) is 2.97. The van der Waals surface area contributed by atoms with E-state index in [4.69, 9.17) is 10.3 Å². The number of nitrogens with zero attached hydrogens (tertiary/aromatic N) is 3. The number of aromatic nitrogens is 3. The van der Waals surface area contributed by atoms with Gasteiger partial charge in [0, 0.05) is 24.1 Å². The van der Waals surface area contributed by atoms with Gasteiger partial charge < -0.3 is 9.84 Å². The average molecular weight is 361 g/mol. The lowest BCUT2D eigenvalue weighted by Crippen LogP contribution is -2.12. The van der Waals surface area contributed by atoms with Crippen LogP contribution >= 0.6 is 0 Å². The lowest BCUT2D eigenvalue weighted by atomic mass is 10.1. The van der Waals surface area contributed by atoms with Gasteiger partial charge in [-0.05, 0) is 12.1 Å². The van der Waals surface area contributed by atoms with Gasteiger partial charge >= 0.3 is 6.18 Å². The van der Waals surface area contributed by atoms with Crippen LogP contribution < -0.4 is 11.3 Å². The summed E-state index contributed by atoms with van der Waals surface area (Å²) in [5.41, 5.74) is 3.99. The molecular weight excluding hydrogens is 347 g/mol. The van der Waals surface area contributed by atoms with Crippen molar-refractivity contribution < 1.29 is 17.6 Å². The molecule has 26 heavy (non-hydrogen) atoms. The first-order chi connectivity index (χ1) is 12.4. The van der Waals surface area contributed by atoms with Crippen molar-refractivity contribution in [2.75, 3.05) is 5.43 Å². The maximum atomic E-state index is 12.9. The Morgan fingerprint density at radius 2 is 1.96 bits per heavy atom. The summed E-state index contributed by atoms with van der Waals surface area (Å²) in [6.45, 7) is 1.93. The molecule has 0 fully saturated rings. The first-order valence-electron chi connectivity index (χ1n) is 7.87. The van der Waals surface area contributed by atoms with Crippen LogP contribution in [-0.4, -0.2) is 14.6 Å². The molecule has 3 heterocycles. The predicted octanol–water partition coefficient (Wildman–Crippen LogP) is 4.01. The van der Waals surface area contributed by atoms with Crippen LogP contribution in [0.1, 0.15) is 18.3 Å². The molecule has 6 nitrogen and oxygen atoms in total. The summed E-state index contributed by atoms with van der Waals surface area (Å²) in [5.74, 6) is 6.89. The number of aryl methyl sites for hydroxylation is 1. The number of hydrogen-bond donors (Lipinski definition) is 2. The highest BCUT2D eigenvalue weighted by molar-refractivity contribution is 5.90. The molecule has 0 bridgehead atoms. The molecule has 0 aliphatic carbocycles. The van der Waals surface area contributed by atoms with Crippen LogP contribution in [0, 0.1) is 0 Å². The van der Waals surface area contributed by atoms with E-state index in [1.165, 1.54) is 6.07 Å². The zero-order chi connectivity index (χ0) is 18.5. The van der Waals surface area contributed by atoms with E-state index >= 15 is 0 Å². The summed E-state index contributed by atoms with van der Waals surface area (Å²) in [5, 5.41) is 8.14. The first-order valence-corrected chi connectivity index (χ1v) is 7.87. The fraction of sp³-hybridized carbons (Fsp3) is 0.176. The van der Waals surface area contributed by atoms with Crippen molar-refractivity contribution in [2.45, 2.75) is 19.5 Å². The number of rotatable bonds is 3. The SMILES string of the molecule is CCc1nnc(NN)c2cc3oc(-c4cccc(C(F)(F)F)c4)cc3n12. The van der Waals surface area contributed by atoms with Crippen molar-refractivity contribution in [3.63, 3.8) is 0 Å². The summed E-state index contributed by atoms with van der Waals surface area (Å²) in [7, 11) is 0. The number of hydrogen-bond acceptors (Lipinski definition) is 5. The quantitative estimate of drug-likeness (QED) is 0.426. The number of fused-ring (bicyclic) bond motifs is 3. The molecule has 0 aliphatic rings. The zero-order valence-electron chi connectivity index (χ0n) is 13.6. The van der Waals surface area contributed by atoms with E-state index < -0.39 is 11.7 Å². The Morgan fingerprint density at radius 3 is 2.65 bits per heavy atom. The minimum absolute atomic E-state index is 0.344. The van der Waals surface area contributed by atoms with E-state index in [0.717, 1.165) is 12.1 Å². The molecule has 3 N–H and O–H groups in total. The molecule has 0 saturated heterocycles. The molecule has 9 heteroatoms. The number of nitrogens with two attached hydrogens (primary N) is 1. The third-order valence-electron chi connectivity index (χ3n) is 4.18. The topological polar surface area (TPSA) is 81.4 Å². The molecule has 0 amide bonds. The van der Waals surface area contributed by atoms with Gasteiger partial charge in [-0.2, -0.15) is 13.2 Å². The maximum Gasteiger partial charge on any atom is 0.416 e. The van der Waals surface area contributed by atoms with Crippen LogP contribution in [0.3, 0.4) is 0 Å². The van der Waals surface area contributed by atoms with Crippen molar-refractivity contribution in [1.29, 1.82) is 0 Å². The Morgan fingerprint density at radius 1 is 1.15 bits per heavy atom. The van der Waals surface area contributed by atoms with Crippen LogP contribution in [0.4, 0.5) is 19.0 Å². The molecule has 4 rings (SSSR count). The Balaban J connectivity index is 1.92. The van der Waals surface area contributed by atoms with Crippen LogP contribution in [-0.2, 0) is 12.6 Å². The van der Waals surface area contributed by atoms with Crippen molar-refractivity contribution in [1.82, 2.24) is 14.6 Å². The minimum Gasteiger partial charge on any atom is -0.454 e. The van der Waals surface area contributed by atoms with E-state index in [1.807, 2.05) is 11.3 Å². The number of anilines is 1. The van der Waals surface area contributed by atoms with Crippen LogP contribution in [0.15, 0.2) is 40.8 Å². The van der Waals surface area contributed by atoms with Crippen molar-refractivity contribution in [2.24, 2.45) is 5.84 Å². The van der Waals surface area contributed by atoms with E-state index in [0.29, 0.717) is 46.0 Å². The highest BCUT2D eigenvalue weighted by Crippen LogP contribution is 2.35. The Bertz CT molecular complexity index is 1110. The number of halogens is 3. The molecule has 0 saturated carbocycles. The van der Waals surface area contributed by atoms with E-state index in [1.54, 1.807) is 18.2 Å². The number of hydrazine groups is 1. The van der Waals surface area contributed by atoms with Gasteiger partial charge in [-0.3, -0.25) is 4.40 Å². The highest BCUT2D eigenvalue weighted by atomic mass is 19.4. The van der Waals surface area contributed by atoms with Gasteiger partial charge in [0.2, 0.25) is 0 Å². The number of nitrogen functional groups attached to an aromatic ring is 1. The van der Waals surface area contributed by atoms with Gasteiger partial charge in [0.1, 0.15) is 11.6 Å². The average Bonchev–Trinajstić information content (AvgIpc) is 3.18. The number of furan rings is 1. The van der Waals surface area contributed by atoms with Gasteiger partial charge in [0.15, 0.2) is 11.4 Å². The number of benzene rings is 1. The third-order valence-corrected chi connectivity index (χ3v) is 4.18. The molecule has 3 aromatic heterocycles. The zero-order valence-corrected chi connectivity index (χ0v) is 13.6. The lowest BCUT2D eigenvalue weighted by molar-refractivity contribution is -0.137. The first kappa shape index (κ1) is 16.4. The summed E-state index contributed by atoms with van der Waals surface area (Å²) in [4.78, 5) is 0. The van der Waals surface area contributed by atoms with Crippen LogP contribution in [0.2, 0.25) is 0 Å². The van der Waals surface area contributed by atoms with Gasteiger partial charge in [0.25, 0.3) is 0 Å². The summed E-state index contributed by atoms with van der Waals surface area (Å²) < 4.78 is 46.5. The van der Waals surface area contributed by atoms with Gasteiger partial charge in [-0.15, -0.1) is 10.2 Å². The summed E-state index contributed by atoms with van der Waals surface area (Å²) >= 11 is 0. The van der Waals surface area contributed by atoms with Crippen LogP contribution in [0.25, 0.3) is 27.9 Å². The molecule has 0 spiro atoms. The van der Waals surface area contributed by atoms with Gasteiger partial charge in [0.05, 0.1) is 16.6 Å². The Kier molecular flexibility index (Phi) is 3.62. The summed E-state index contributed by atoms with van der Waals surface area (Å²) in [6.07, 6.45) is -3.80. The van der Waals surface area contributed by atoms with Crippen molar-refractivity contribution in [3.05, 3.63) is 47.8 Å². The van der Waals surface area contributed by atoms with E-state index in [9.17, 15) is 13.2 Å². The smallest absolute Gasteiger partial charge is 0.416 e. The van der Waals surface area contributed by atoms with Gasteiger partial charge in [-0.1, -0.05) is 19.1 Å². The fourth-order valence-electron chi connectivity index (χ4n) is 2.97. The molecule has 0 atom stereocenters. The second-order valence-corrected chi connectivity index (χ2v) is 5.77. The second-order valence-electron chi connectivity index (χ2n) is 5.77. The van der Waals surface area contributed by atoms with Crippen molar-refractivity contribution in [3.8, 4) is 11.3 Å². The standard InChI is InChI=1S/C17H14F3N5O/c1-2-15-23-24-16(22-21)12-8-14-11(25(12)15)7-13(26-14)9-4-3-5-10(6-9)17(18,19)20/h3-8H,2,21H2,1H3,(H,22,24). The largest absolute Gasteiger partial charge is 0.454 e.